The average molecular weight is 1380 g/mol. The number of ketones is 2. The number of carbonyl (C=O) groups is 7. The minimum atomic E-state index is -0.227. The number of thioether (sulfide) groups is 3. The van der Waals surface area contributed by atoms with Crippen molar-refractivity contribution in [2.45, 2.75) is 260 Å². The molecular weight excluding hydrogens is 1270 g/mol. The Labute approximate surface area is 579 Å². The summed E-state index contributed by atoms with van der Waals surface area (Å²) in [5, 5.41) is 30.3. The normalized spacial score (nSPS) is 19.8. The highest BCUT2D eigenvalue weighted by atomic mass is 32.2. The van der Waals surface area contributed by atoms with Crippen LogP contribution in [0.15, 0.2) is 84.2 Å². The van der Waals surface area contributed by atoms with Gasteiger partial charge < -0.3 is 28.8 Å². The SMILES string of the molecule is C=C1CC(O)=C(C(C)(C)C)C1.C=C1N=C(C(C)(C)C)NO1.CC(C)(C)C1=C(O)CCC1=O.CC(C)(C)C1=CC(=O)CO1.CC(C)(C)C1SC(=O)NC1=O.CC(C)(C)C1SC(=O)NC1=O.CC1=NC(=O)SC1C(C)(C)C.Cc1cc(C(C)(C)C)on1.Cc1nc(C(C)(C)C)no1. The lowest BCUT2D eigenvalue weighted by Crippen LogP contribution is -2.33. The molecule has 5 amide bonds. The quantitative estimate of drug-likeness (QED) is 0.153. The molecule has 0 bridgehead atoms. The van der Waals surface area contributed by atoms with Crippen molar-refractivity contribution < 1.29 is 62.4 Å². The molecule has 7 heterocycles. The Balaban J connectivity index is 0.000000535. The molecule has 5 aliphatic heterocycles. The fourth-order valence-corrected chi connectivity index (χ4v) is 11.5. The van der Waals surface area contributed by atoms with Crippen molar-refractivity contribution in [1.29, 1.82) is 0 Å². The number of aliphatic hydroxyl groups is 2. The van der Waals surface area contributed by atoms with Crippen molar-refractivity contribution in [3.8, 4) is 0 Å². The average Bonchev–Trinajstić information content (AvgIpc) is 1.73. The van der Waals surface area contributed by atoms with E-state index in [0.717, 1.165) is 75.7 Å². The molecule has 2 aromatic heterocycles. The summed E-state index contributed by atoms with van der Waals surface area (Å²) in [4.78, 5) is 93.3. The van der Waals surface area contributed by atoms with E-state index < -0.39 is 0 Å². The van der Waals surface area contributed by atoms with E-state index in [-0.39, 0.29) is 110 Å². The van der Waals surface area contributed by atoms with Crippen molar-refractivity contribution in [3.05, 3.63) is 88.3 Å². The summed E-state index contributed by atoms with van der Waals surface area (Å²) in [6, 6.07) is 1.97. The van der Waals surface area contributed by atoms with Gasteiger partial charge in [0, 0.05) is 71.3 Å². The van der Waals surface area contributed by atoms with E-state index in [0.29, 0.717) is 48.1 Å². The Bertz CT molecular complexity index is 3090. The van der Waals surface area contributed by atoms with Crippen LogP contribution in [0.25, 0.3) is 0 Å². The third kappa shape index (κ3) is 30.8. The largest absolute Gasteiger partial charge is 0.512 e. The summed E-state index contributed by atoms with van der Waals surface area (Å²) in [6.45, 7) is 68.3. The molecule has 2 saturated heterocycles. The number of amides is 5. The molecular formula is C71H114N8O13S3. The van der Waals surface area contributed by atoms with Crippen LogP contribution in [0, 0.1) is 51.8 Å². The Morgan fingerprint density at radius 2 is 1.04 bits per heavy atom. The van der Waals surface area contributed by atoms with Crippen LogP contribution in [0.3, 0.4) is 0 Å². The number of aliphatic imine (C=N–C) groups is 2. The molecule has 0 saturated carbocycles. The molecule has 95 heavy (non-hydrogen) atoms. The Kier molecular flexibility index (Phi) is 31.3. The summed E-state index contributed by atoms with van der Waals surface area (Å²) in [5.74, 6) is 5.12. The first kappa shape index (κ1) is 86.7. The van der Waals surface area contributed by atoms with E-state index in [1.807, 2.05) is 103 Å². The number of ether oxygens (including phenoxy) is 1. The van der Waals surface area contributed by atoms with Crippen LogP contribution >= 0.6 is 35.3 Å². The van der Waals surface area contributed by atoms with Gasteiger partial charge in [-0.25, -0.2) is 10.5 Å². The maximum absolute atomic E-state index is 11.2. The van der Waals surface area contributed by atoms with Gasteiger partial charge in [0.25, 0.3) is 10.5 Å². The summed E-state index contributed by atoms with van der Waals surface area (Å²) in [7, 11) is 0. The number of rotatable bonds is 0. The number of hydrogen-bond acceptors (Lipinski definition) is 21. The zero-order valence-corrected chi connectivity index (χ0v) is 65.1. The number of Topliss-reactive ketones (excluding diaryl/α,β-unsaturated/α-hetero) is 1. The molecule has 0 spiro atoms. The minimum absolute atomic E-state index is 0.00222. The molecule has 0 aromatic carbocycles. The second-order valence-electron chi connectivity index (χ2n) is 33.2. The number of imide groups is 2. The second-order valence-corrected chi connectivity index (χ2v) is 36.4. The molecule has 2 fully saturated rings. The van der Waals surface area contributed by atoms with Crippen molar-refractivity contribution in [1.82, 2.24) is 31.4 Å². The van der Waals surface area contributed by atoms with Gasteiger partial charge >= 0.3 is 5.24 Å². The van der Waals surface area contributed by atoms with Gasteiger partial charge in [0.05, 0.1) is 33.0 Å². The van der Waals surface area contributed by atoms with Crippen LogP contribution in [0.2, 0.25) is 0 Å². The number of aryl methyl sites for hydroxylation is 2. The summed E-state index contributed by atoms with van der Waals surface area (Å²) < 4.78 is 15.0. The predicted octanol–water partition coefficient (Wildman–Crippen LogP) is 17.8. The number of nitrogens with one attached hydrogen (secondary N) is 3. The molecule has 3 atom stereocenters. The summed E-state index contributed by atoms with van der Waals surface area (Å²) in [5.41, 5.74) is 7.37. The number of nitrogens with zero attached hydrogens (tertiary/aromatic N) is 5. The van der Waals surface area contributed by atoms with Crippen molar-refractivity contribution >= 4 is 85.9 Å². The van der Waals surface area contributed by atoms with E-state index in [9.17, 15) is 43.8 Å². The number of carbonyl (C=O) groups excluding carboxylic acids is 7. The zero-order chi connectivity index (χ0) is 74.3. The lowest BCUT2D eigenvalue weighted by Gasteiger charge is -2.24. The highest BCUT2D eigenvalue weighted by molar-refractivity contribution is 8.16. The van der Waals surface area contributed by atoms with E-state index in [1.54, 1.807) is 13.0 Å². The first-order valence-corrected chi connectivity index (χ1v) is 34.4. The highest BCUT2D eigenvalue weighted by Gasteiger charge is 2.41. The molecule has 5 N–H and O–H groups in total. The topological polar surface area (TPSA) is 304 Å². The van der Waals surface area contributed by atoms with Crippen molar-refractivity contribution in [3.63, 3.8) is 0 Å². The van der Waals surface area contributed by atoms with Gasteiger partial charge in [0.2, 0.25) is 23.6 Å². The maximum Gasteiger partial charge on any atom is 0.305 e. The molecule has 534 valence electrons. The number of hydroxylamine groups is 1. The second kappa shape index (κ2) is 34.3. The van der Waals surface area contributed by atoms with E-state index in [1.165, 1.54) is 11.8 Å². The van der Waals surface area contributed by atoms with Crippen LogP contribution in [0.5, 0.6) is 0 Å². The number of aromatic nitrogens is 3. The predicted molar refractivity (Wildman–Crippen MR) is 385 cm³/mol. The molecule has 3 unspecified atom stereocenters. The molecule has 2 aromatic rings. The third-order valence-electron chi connectivity index (χ3n) is 13.8. The van der Waals surface area contributed by atoms with Gasteiger partial charge in [-0.1, -0.05) is 245 Å². The van der Waals surface area contributed by atoms with Crippen LogP contribution in [0.1, 0.15) is 243 Å². The van der Waals surface area contributed by atoms with Gasteiger partial charge in [0.15, 0.2) is 24.0 Å². The third-order valence-corrected chi connectivity index (χ3v) is 18.3. The number of allylic oxidation sites excluding steroid dienone is 5. The molecule has 0 radical (unpaired) electrons. The Hall–Kier alpha value is -6.27. The van der Waals surface area contributed by atoms with E-state index >= 15 is 0 Å². The molecule has 2 aliphatic carbocycles. The van der Waals surface area contributed by atoms with Crippen molar-refractivity contribution in [2.24, 2.45) is 47.9 Å². The number of hydrogen-bond donors (Lipinski definition) is 5. The molecule has 9 rings (SSSR count). The van der Waals surface area contributed by atoms with Crippen LogP contribution < -0.4 is 16.1 Å². The summed E-state index contributed by atoms with van der Waals surface area (Å²) >= 11 is 3.50. The lowest BCUT2D eigenvalue weighted by molar-refractivity contribution is -0.121. The maximum atomic E-state index is 11.2. The lowest BCUT2D eigenvalue weighted by atomic mass is 9.85. The minimum Gasteiger partial charge on any atom is -0.512 e. The molecule has 24 heteroatoms. The molecule has 7 aliphatic rings. The Morgan fingerprint density at radius 1 is 0.547 bits per heavy atom. The first-order chi connectivity index (χ1) is 42.6. The van der Waals surface area contributed by atoms with E-state index in [4.69, 9.17) is 18.6 Å². The van der Waals surface area contributed by atoms with Crippen LogP contribution in [-0.2, 0) is 39.6 Å². The molecule has 21 nitrogen and oxygen atoms in total. The zero-order valence-electron chi connectivity index (χ0n) is 62.7. The smallest absolute Gasteiger partial charge is 0.305 e. The summed E-state index contributed by atoms with van der Waals surface area (Å²) in [6.07, 6.45) is 4.17. The van der Waals surface area contributed by atoms with Crippen LogP contribution in [-0.4, -0.2) is 98.5 Å². The van der Waals surface area contributed by atoms with Gasteiger partial charge in [-0.15, -0.1) is 0 Å². The van der Waals surface area contributed by atoms with Gasteiger partial charge in [-0.3, -0.25) is 44.2 Å². The fourth-order valence-electron chi connectivity index (χ4n) is 8.75. The van der Waals surface area contributed by atoms with Crippen molar-refractivity contribution in [2.75, 3.05) is 6.61 Å². The van der Waals surface area contributed by atoms with Crippen LogP contribution in [0.4, 0.5) is 14.4 Å². The monoisotopic (exact) mass is 1380 g/mol. The number of aliphatic hydroxyl groups excluding tert-OH is 2. The van der Waals surface area contributed by atoms with Gasteiger partial charge in [-0.05, 0) is 59.5 Å². The Morgan fingerprint density at radius 3 is 1.21 bits per heavy atom. The highest BCUT2D eigenvalue weighted by Crippen LogP contribution is 2.41. The van der Waals surface area contributed by atoms with Gasteiger partial charge in [-0.2, -0.15) is 9.98 Å². The number of amidine groups is 1. The van der Waals surface area contributed by atoms with Gasteiger partial charge in [0.1, 0.15) is 17.4 Å². The standard InChI is InChI=1S/C10H16O.C9H14O2.C8H13NOS.C8H13NO.C8H12O2.2C7H12N2O.2C7H11NO2S/c1-7-5-8(9(11)6-7)10(2,3)4;1-9(2,3)8-6(10)4-5-7(8)11;1-5-6(8(2,3)4)11-7(10)9-5;1-6-5-7(10-9-6)8(2,3)4;1-8(2,3)7-4-6(9)5-10-7;2*1-5-8-6(9-10-5)7(2,3)4;2*1-7(2,3)4-5(9)8-6(10)11-4/h11H,1,5-6H2,2-4H3;10H,4-5H2,1-3H3;6H,1-4H3;5H,1-4H3;4H,5H2,1-3H3;1-4H3;1H2,2-4H3,(H,8,9);2*4H,1-3H3,(H,8,9,10). The fraction of sp³-hybridized carbons (Fsp3) is 0.662. The first-order valence-electron chi connectivity index (χ1n) is 31.7. The van der Waals surface area contributed by atoms with E-state index in [2.05, 4.69) is 158 Å².